The van der Waals surface area contributed by atoms with Crippen molar-refractivity contribution in [3.8, 4) is 28.1 Å². The molecule has 0 unspecified atom stereocenters. The number of halogens is 3. The van der Waals surface area contributed by atoms with Gasteiger partial charge in [-0.25, -0.2) is 0 Å². The number of aromatic nitrogens is 1. The van der Waals surface area contributed by atoms with Crippen molar-refractivity contribution in [2.45, 2.75) is 19.6 Å². The molecule has 3 rings (SSSR count). The standard InChI is InChI=1S/C20H19F3N2O/c1-3-25-17(13-8-5-4-6-9-13)18(26)16(19(25)24-2)14-10-7-11-15(12-14)20(21,22)23/h4-12,24,26H,3H2,1-2H3. The Labute approximate surface area is 149 Å². The summed E-state index contributed by atoms with van der Waals surface area (Å²) in [4.78, 5) is 0. The molecule has 0 radical (unpaired) electrons. The van der Waals surface area contributed by atoms with E-state index in [4.69, 9.17) is 0 Å². The molecule has 0 aliphatic rings. The highest BCUT2D eigenvalue weighted by atomic mass is 19.4. The Bertz CT molecular complexity index is 915. The summed E-state index contributed by atoms with van der Waals surface area (Å²) in [6.45, 7) is 2.47. The maximum absolute atomic E-state index is 13.1. The normalized spacial score (nSPS) is 11.6. The van der Waals surface area contributed by atoms with Crippen LogP contribution in [0.4, 0.5) is 19.0 Å². The third kappa shape index (κ3) is 3.03. The molecule has 136 valence electrons. The average Bonchev–Trinajstić information content (AvgIpc) is 2.93. The largest absolute Gasteiger partial charge is 0.505 e. The van der Waals surface area contributed by atoms with Crippen LogP contribution in [0.5, 0.6) is 5.75 Å². The van der Waals surface area contributed by atoms with E-state index in [1.165, 1.54) is 6.07 Å². The molecule has 0 aliphatic heterocycles. The second kappa shape index (κ2) is 6.78. The van der Waals surface area contributed by atoms with Gasteiger partial charge in [0, 0.05) is 19.2 Å². The van der Waals surface area contributed by atoms with Crippen LogP contribution in [0.3, 0.4) is 0 Å². The molecule has 1 heterocycles. The van der Waals surface area contributed by atoms with E-state index < -0.39 is 11.7 Å². The topological polar surface area (TPSA) is 37.2 Å². The van der Waals surface area contributed by atoms with Crippen molar-refractivity contribution in [3.05, 3.63) is 60.2 Å². The zero-order valence-electron chi connectivity index (χ0n) is 14.4. The molecule has 2 N–H and O–H groups in total. The monoisotopic (exact) mass is 360 g/mol. The predicted molar refractivity (Wildman–Crippen MR) is 97.2 cm³/mol. The molecule has 0 saturated heterocycles. The van der Waals surface area contributed by atoms with Crippen LogP contribution in [0.15, 0.2) is 54.6 Å². The maximum atomic E-state index is 13.1. The first kappa shape index (κ1) is 17.9. The molecule has 1 aromatic heterocycles. The van der Waals surface area contributed by atoms with Crippen LogP contribution in [0.1, 0.15) is 12.5 Å². The van der Waals surface area contributed by atoms with Gasteiger partial charge in [0.25, 0.3) is 0 Å². The molecular weight excluding hydrogens is 341 g/mol. The Morgan fingerprint density at radius 2 is 1.65 bits per heavy atom. The number of rotatable bonds is 4. The van der Waals surface area contributed by atoms with Crippen molar-refractivity contribution >= 4 is 5.82 Å². The Morgan fingerprint density at radius 3 is 2.23 bits per heavy atom. The zero-order chi connectivity index (χ0) is 18.9. The van der Waals surface area contributed by atoms with Crippen LogP contribution in [-0.4, -0.2) is 16.7 Å². The van der Waals surface area contributed by atoms with Gasteiger partial charge in [-0.2, -0.15) is 13.2 Å². The number of alkyl halides is 3. The summed E-state index contributed by atoms with van der Waals surface area (Å²) in [5.41, 5.74) is 1.29. The van der Waals surface area contributed by atoms with Crippen LogP contribution in [0, 0.1) is 0 Å². The molecule has 0 bridgehead atoms. The number of hydrogen-bond donors (Lipinski definition) is 2. The van der Waals surface area contributed by atoms with E-state index in [2.05, 4.69) is 5.32 Å². The van der Waals surface area contributed by atoms with Gasteiger partial charge in [0.1, 0.15) is 5.82 Å². The van der Waals surface area contributed by atoms with Crippen molar-refractivity contribution in [1.29, 1.82) is 0 Å². The van der Waals surface area contributed by atoms with Crippen molar-refractivity contribution in [2.75, 3.05) is 12.4 Å². The van der Waals surface area contributed by atoms with E-state index in [9.17, 15) is 18.3 Å². The van der Waals surface area contributed by atoms with Crippen LogP contribution in [-0.2, 0) is 12.7 Å². The summed E-state index contributed by atoms with van der Waals surface area (Å²) >= 11 is 0. The number of hydrogen-bond acceptors (Lipinski definition) is 2. The van der Waals surface area contributed by atoms with Crippen LogP contribution in [0.25, 0.3) is 22.4 Å². The van der Waals surface area contributed by atoms with Gasteiger partial charge in [-0.05, 0) is 24.6 Å². The van der Waals surface area contributed by atoms with E-state index in [1.807, 2.05) is 41.8 Å². The lowest BCUT2D eigenvalue weighted by molar-refractivity contribution is -0.137. The summed E-state index contributed by atoms with van der Waals surface area (Å²) in [6.07, 6.45) is -4.44. The lowest BCUT2D eigenvalue weighted by Crippen LogP contribution is -2.05. The minimum absolute atomic E-state index is 0.0401. The van der Waals surface area contributed by atoms with E-state index in [-0.39, 0.29) is 5.75 Å². The quantitative estimate of drug-likeness (QED) is 0.635. The van der Waals surface area contributed by atoms with Gasteiger partial charge in [-0.15, -0.1) is 0 Å². The van der Waals surface area contributed by atoms with E-state index in [1.54, 1.807) is 13.1 Å². The Morgan fingerprint density at radius 1 is 1.00 bits per heavy atom. The Hall–Kier alpha value is -2.89. The first-order valence-electron chi connectivity index (χ1n) is 8.24. The SMILES string of the molecule is CCn1c(NC)c(-c2cccc(C(F)(F)F)c2)c(O)c1-c1ccccc1. The molecule has 6 heteroatoms. The van der Waals surface area contributed by atoms with Gasteiger partial charge in [0.15, 0.2) is 5.75 Å². The molecule has 0 saturated carbocycles. The van der Waals surface area contributed by atoms with Crippen molar-refractivity contribution in [2.24, 2.45) is 0 Å². The van der Waals surface area contributed by atoms with Gasteiger partial charge in [0.2, 0.25) is 0 Å². The fraction of sp³-hybridized carbons (Fsp3) is 0.200. The summed E-state index contributed by atoms with van der Waals surface area (Å²) < 4.78 is 41.2. The second-order valence-electron chi connectivity index (χ2n) is 5.86. The average molecular weight is 360 g/mol. The van der Waals surface area contributed by atoms with Crippen molar-refractivity contribution in [3.63, 3.8) is 0 Å². The van der Waals surface area contributed by atoms with Crippen LogP contribution < -0.4 is 5.32 Å². The first-order valence-corrected chi connectivity index (χ1v) is 8.24. The highest BCUT2D eigenvalue weighted by molar-refractivity contribution is 5.90. The van der Waals surface area contributed by atoms with E-state index in [0.717, 1.165) is 17.7 Å². The number of nitrogens with zero attached hydrogens (tertiary/aromatic N) is 1. The van der Waals surface area contributed by atoms with Crippen molar-refractivity contribution in [1.82, 2.24) is 4.57 Å². The maximum Gasteiger partial charge on any atom is 0.416 e. The fourth-order valence-electron chi connectivity index (χ4n) is 3.19. The molecule has 3 nitrogen and oxygen atoms in total. The minimum Gasteiger partial charge on any atom is -0.505 e. The molecule has 26 heavy (non-hydrogen) atoms. The van der Waals surface area contributed by atoms with E-state index in [0.29, 0.717) is 29.2 Å². The van der Waals surface area contributed by atoms with Gasteiger partial charge >= 0.3 is 6.18 Å². The van der Waals surface area contributed by atoms with Gasteiger partial charge in [-0.1, -0.05) is 42.5 Å². The molecule has 2 aromatic carbocycles. The predicted octanol–water partition coefficient (Wildman–Crippen LogP) is 5.61. The Kier molecular flexibility index (Phi) is 4.68. The molecule has 0 atom stereocenters. The molecule has 0 amide bonds. The molecule has 0 fully saturated rings. The van der Waals surface area contributed by atoms with Crippen molar-refractivity contribution < 1.29 is 18.3 Å². The van der Waals surface area contributed by atoms with E-state index >= 15 is 0 Å². The third-order valence-electron chi connectivity index (χ3n) is 4.32. The number of nitrogens with one attached hydrogen (secondary N) is 1. The number of aromatic hydroxyl groups is 1. The van der Waals surface area contributed by atoms with Gasteiger partial charge < -0.3 is 15.0 Å². The molecular formula is C20H19F3N2O. The smallest absolute Gasteiger partial charge is 0.416 e. The first-order chi connectivity index (χ1) is 12.4. The fourth-order valence-corrected chi connectivity index (χ4v) is 3.19. The number of benzene rings is 2. The minimum atomic E-state index is -4.44. The molecule has 3 aromatic rings. The summed E-state index contributed by atoms with van der Waals surface area (Å²) in [5.74, 6) is 0.532. The summed E-state index contributed by atoms with van der Waals surface area (Å²) in [7, 11) is 1.69. The lowest BCUT2D eigenvalue weighted by Gasteiger charge is -2.12. The highest BCUT2D eigenvalue weighted by Gasteiger charge is 2.31. The van der Waals surface area contributed by atoms with Gasteiger partial charge in [-0.3, -0.25) is 0 Å². The second-order valence-corrected chi connectivity index (χ2v) is 5.86. The summed E-state index contributed by atoms with van der Waals surface area (Å²) in [5, 5.41) is 13.9. The molecule has 0 aliphatic carbocycles. The van der Waals surface area contributed by atoms with Crippen LogP contribution >= 0.6 is 0 Å². The number of anilines is 1. The highest BCUT2D eigenvalue weighted by Crippen LogP contribution is 2.46. The lowest BCUT2D eigenvalue weighted by atomic mass is 10.0. The Balaban J connectivity index is 2.28. The zero-order valence-corrected chi connectivity index (χ0v) is 14.4. The third-order valence-corrected chi connectivity index (χ3v) is 4.32. The molecule has 0 spiro atoms. The van der Waals surface area contributed by atoms with Crippen LogP contribution in [0.2, 0.25) is 0 Å². The van der Waals surface area contributed by atoms with Gasteiger partial charge in [0.05, 0.1) is 16.8 Å². The summed E-state index contributed by atoms with van der Waals surface area (Å²) in [6, 6.07) is 14.3.